The summed E-state index contributed by atoms with van der Waals surface area (Å²) in [5, 5.41) is 0.916. The fourth-order valence-corrected chi connectivity index (χ4v) is 5.02. The molecule has 4 nitrogen and oxygen atoms in total. The van der Waals surface area contributed by atoms with Crippen LogP contribution in [0, 0.1) is 5.82 Å². The van der Waals surface area contributed by atoms with E-state index in [0.29, 0.717) is 22.3 Å². The first-order valence-corrected chi connectivity index (χ1v) is 9.73. The Kier molecular flexibility index (Phi) is 3.63. The number of rotatable bonds is 1. The van der Waals surface area contributed by atoms with E-state index in [1.54, 1.807) is 24.2 Å². The van der Waals surface area contributed by atoms with Gasteiger partial charge in [-0.15, -0.1) is 0 Å². The molecule has 2 aliphatic rings. The Balaban J connectivity index is 1.67. The second kappa shape index (κ2) is 5.83. The third-order valence-corrected chi connectivity index (χ3v) is 6.63. The van der Waals surface area contributed by atoms with E-state index in [1.807, 2.05) is 24.4 Å². The molecule has 1 spiro atoms. The molecular weight excluding hydrogens is 409 g/mol. The predicted molar refractivity (Wildman–Crippen MR) is 105 cm³/mol. The summed E-state index contributed by atoms with van der Waals surface area (Å²) in [7, 11) is 1.79. The molecule has 1 aliphatic carbocycles. The summed E-state index contributed by atoms with van der Waals surface area (Å²) in [6, 6.07) is 9.22. The van der Waals surface area contributed by atoms with E-state index >= 15 is 0 Å². The summed E-state index contributed by atoms with van der Waals surface area (Å²) in [6.07, 6.45) is 5.72. The van der Waals surface area contributed by atoms with Crippen LogP contribution in [0.1, 0.15) is 36.4 Å². The Bertz CT molecular complexity index is 1080. The van der Waals surface area contributed by atoms with Crippen molar-refractivity contribution in [2.24, 2.45) is 0 Å². The van der Waals surface area contributed by atoms with Crippen molar-refractivity contribution in [1.29, 1.82) is 0 Å². The average molecular weight is 426 g/mol. The molecule has 1 amide bonds. The molecule has 1 saturated carbocycles. The zero-order valence-corrected chi connectivity index (χ0v) is 16.3. The fourth-order valence-electron chi connectivity index (χ4n) is 4.68. The number of nitrogens with zero attached hydrogens (tertiary/aromatic N) is 3. The molecule has 6 heteroatoms. The van der Waals surface area contributed by atoms with Gasteiger partial charge in [-0.05, 0) is 52.5 Å². The zero-order chi connectivity index (χ0) is 18.8. The third-order valence-electron chi connectivity index (χ3n) is 6.03. The van der Waals surface area contributed by atoms with Crippen LogP contribution < -0.4 is 4.90 Å². The number of carbonyl (C=O) groups is 1. The van der Waals surface area contributed by atoms with Gasteiger partial charge in [-0.25, -0.2) is 4.39 Å². The lowest BCUT2D eigenvalue weighted by molar-refractivity contribution is -0.121. The molecule has 0 radical (unpaired) electrons. The first kappa shape index (κ1) is 16.8. The lowest BCUT2D eigenvalue weighted by atomic mass is 9.54. The van der Waals surface area contributed by atoms with E-state index in [2.05, 4.69) is 25.9 Å². The molecule has 0 atom stereocenters. The number of aromatic nitrogens is 2. The maximum Gasteiger partial charge on any atom is 0.227 e. The van der Waals surface area contributed by atoms with Gasteiger partial charge in [0.2, 0.25) is 5.91 Å². The summed E-state index contributed by atoms with van der Waals surface area (Å²) >= 11 is 3.30. The van der Waals surface area contributed by atoms with Crippen molar-refractivity contribution < 1.29 is 9.18 Å². The van der Waals surface area contributed by atoms with Crippen LogP contribution in [-0.4, -0.2) is 22.9 Å². The van der Waals surface area contributed by atoms with Crippen LogP contribution in [0.15, 0.2) is 47.2 Å². The highest BCUT2D eigenvalue weighted by molar-refractivity contribution is 9.10. The van der Waals surface area contributed by atoms with Gasteiger partial charge in [-0.3, -0.25) is 14.8 Å². The Labute approximate surface area is 164 Å². The van der Waals surface area contributed by atoms with E-state index < -0.39 is 0 Å². The molecule has 3 heterocycles. The monoisotopic (exact) mass is 425 g/mol. The van der Waals surface area contributed by atoms with Crippen molar-refractivity contribution in [2.45, 2.75) is 30.6 Å². The topological polar surface area (TPSA) is 46.1 Å². The Morgan fingerprint density at radius 1 is 1.26 bits per heavy atom. The van der Waals surface area contributed by atoms with Crippen molar-refractivity contribution in [2.75, 3.05) is 11.9 Å². The molecular formula is C21H17BrFN3O. The van der Waals surface area contributed by atoms with Gasteiger partial charge in [0, 0.05) is 48.1 Å². The normalized spacial score (nSPS) is 24.2. The largest absolute Gasteiger partial charge is 0.314 e. The number of benzene rings is 1. The van der Waals surface area contributed by atoms with Crippen LogP contribution in [0.2, 0.25) is 0 Å². The molecule has 1 aromatic carbocycles. The summed E-state index contributed by atoms with van der Waals surface area (Å²) in [4.78, 5) is 23.3. The molecule has 136 valence electrons. The SMILES string of the molecule is CN1C(=O)CC2(CC(c3ccccn3)C2)c2c1cnc1cc(F)c(Br)cc21. The number of fused-ring (bicyclic) bond motifs is 4. The molecule has 5 rings (SSSR count). The van der Waals surface area contributed by atoms with E-state index in [4.69, 9.17) is 0 Å². The van der Waals surface area contributed by atoms with Gasteiger partial charge in [0.25, 0.3) is 0 Å². The van der Waals surface area contributed by atoms with Crippen molar-refractivity contribution in [3.8, 4) is 0 Å². The van der Waals surface area contributed by atoms with Crippen LogP contribution in [0.4, 0.5) is 10.1 Å². The summed E-state index contributed by atoms with van der Waals surface area (Å²) in [5.41, 5.74) is 3.40. The van der Waals surface area contributed by atoms with Gasteiger partial charge in [0.1, 0.15) is 5.82 Å². The second-order valence-electron chi connectivity index (χ2n) is 7.57. The van der Waals surface area contributed by atoms with Gasteiger partial charge >= 0.3 is 0 Å². The van der Waals surface area contributed by atoms with Crippen molar-refractivity contribution in [3.63, 3.8) is 0 Å². The van der Waals surface area contributed by atoms with Gasteiger partial charge in [-0.2, -0.15) is 0 Å². The van der Waals surface area contributed by atoms with E-state index in [-0.39, 0.29) is 17.1 Å². The van der Waals surface area contributed by atoms with Gasteiger partial charge in [-0.1, -0.05) is 6.07 Å². The zero-order valence-electron chi connectivity index (χ0n) is 14.7. The van der Waals surface area contributed by atoms with Crippen LogP contribution in [0.5, 0.6) is 0 Å². The lowest BCUT2D eigenvalue weighted by Crippen LogP contribution is -2.49. The number of hydrogen-bond acceptors (Lipinski definition) is 3. The maximum atomic E-state index is 14.0. The number of anilines is 1. The van der Waals surface area contributed by atoms with Gasteiger partial charge < -0.3 is 4.90 Å². The standard InChI is InChI=1S/C21H17BrFN3O/c1-26-18-11-25-17-7-15(23)14(22)6-13(17)20(18)21(10-19(26)27)8-12(9-21)16-4-2-3-5-24-16/h2-7,11-12H,8-10H2,1H3. The molecule has 0 saturated heterocycles. The first-order chi connectivity index (χ1) is 13.0. The average Bonchev–Trinajstić information content (AvgIpc) is 2.64. The number of hydrogen-bond donors (Lipinski definition) is 0. The second-order valence-corrected chi connectivity index (χ2v) is 8.43. The molecule has 1 fully saturated rings. The molecule has 0 N–H and O–H groups in total. The van der Waals surface area contributed by atoms with Crippen LogP contribution in [0.25, 0.3) is 10.9 Å². The minimum Gasteiger partial charge on any atom is -0.314 e. The number of pyridine rings is 2. The molecule has 0 bridgehead atoms. The summed E-state index contributed by atoms with van der Waals surface area (Å²) in [5.74, 6) is 0.107. The van der Waals surface area contributed by atoms with Crippen LogP contribution in [-0.2, 0) is 10.2 Å². The highest BCUT2D eigenvalue weighted by Crippen LogP contribution is 2.59. The minimum absolute atomic E-state index is 0.101. The molecule has 2 aromatic heterocycles. The van der Waals surface area contributed by atoms with Crippen molar-refractivity contribution in [3.05, 3.63) is 64.3 Å². The van der Waals surface area contributed by atoms with Crippen molar-refractivity contribution in [1.82, 2.24) is 9.97 Å². The van der Waals surface area contributed by atoms with Crippen molar-refractivity contribution >= 4 is 38.4 Å². The van der Waals surface area contributed by atoms with Crippen LogP contribution >= 0.6 is 15.9 Å². The van der Waals surface area contributed by atoms with Gasteiger partial charge in [0.15, 0.2) is 0 Å². The Hall–Kier alpha value is -2.34. The minimum atomic E-state index is -0.329. The number of carbonyl (C=O) groups excluding carboxylic acids is 1. The molecule has 3 aromatic rings. The highest BCUT2D eigenvalue weighted by Gasteiger charge is 2.52. The van der Waals surface area contributed by atoms with E-state index in [0.717, 1.165) is 35.2 Å². The smallest absolute Gasteiger partial charge is 0.227 e. The van der Waals surface area contributed by atoms with Crippen LogP contribution in [0.3, 0.4) is 0 Å². The maximum absolute atomic E-state index is 14.0. The van der Waals surface area contributed by atoms with E-state index in [1.165, 1.54) is 6.07 Å². The quantitative estimate of drug-likeness (QED) is 0.566. The summed E-state index contributed by atoms with van der Waals surface area (Å²) < 4.78 is 14.4. The highest BCUT2D eigenvalue weighted by atomic mass is 79.9. The molecule has 0 unspecified atom stereocenters. The number of amides is 1. The third kappa shape index (κ3) is 2.42. The Morgan fingerprint density at radius 3 is 2.81 bits per heavy atom. The van der Waals surface area contributed by atoms with E-state index in [9.17, 15) is 9.18 Å². The molecule has 1 aliphatic heterocycles. The lowest BCUT2D eigenvalue weighted by Gasteiger charge is -2.52. The first-order valence-electron chi connectivity index (χ1n) is 8.94. The molecule has 27 heavy (non-hydrogen) atoms. The summed E-state index contributed by atoms with van der Waals surface area (Å²) in [6.45, 7) is 0. The number of halogens is 2. The Morgan fingerprint density at radius 2 is 2.07 bits per heavy atom. The fraction of sp³-hybridized carbons (Fsp3) is 0.286. The predicted octanol–water partition coefficient (Wildman–Crippen LogP) is 4.71. The van der Waals surface area contributed by atoms with Gasteiger partial charge in [0.05, 0.1) is 21.9 Å².